The molecule has 2 N–H and O–H groups in total. The Morgan fingerprint density at radius 2 is 1.92 bits per heavy atom. The number of rotatable bonds is 4. The van der Waals surface area contributed by atoms with Gasteiger partial charge in [0.25, 0.3) is 5.91 Å². The van der Waals surface area contributed by atoms with Gasteiger partial charge >= 0.3 is 6.18 Å². The number of H-pyrrole nitrogens is 1. The van der Waals surface area contributed by atoms with Gasteiger partial charge in [0.05, 0.1) is 22.9 Å². The third-order valence-corrected chi connectivity index (χ3v) is 3.26. The average molecular weight is 335 g/mol. The van der Waals surface area contributed by atoms with Gasteiger partial charge in [-0.05, 0) is 42.5 Å². The Balaban J connectivity index is 1.57. The molecule has 0 saturated carbocycles. The van der Waals surface area contributed by atoms with Crippen LogP contribution in [-0.2, 0) is 11.0 Å². The van der Waals surface area contributed by atoms with Gasteiger partial charge in [0.15, 0.2) is 6.61 Å². The molecule has 1 amide bonds. The fourth-order valence-electron chi connectivity index (χ4n) is 2.10. The molecule has 0 aliphatic heterocycles. The molecular weight excluding hydrogens is 323 g/mol. The number of carbonyl (C=O) groups excluding carboxylic acids is 1. The largest absolute Gasteiger partial charge is 0.484 e. The standard InChI is InChI=1S/C16H12F3N3O2/c17-16(18,19)10-1-4-12(5-2-10)24-8-15(23)22-11-3-6-13-14(7-11)21-9-20-13/h1-7,9H,8H2,(H,20,21)(H,22,23). The number of carbonyl (C=O) groups is 1. The van der Waals surface area contributed by atoms with E-state index in [1.165, 1.54) is 12.1 Å². The number of amides is 1. The van der Waals surface area contributed by atoms with Crippen LogP contribution < -0.4 is 10.1 Å². The first kappa shape index (κ1) is 15.9. The van der Waals surface area contributed by atoms with Gasteiger partial charge in [0, 0.05) is 5.69 Å². The summed E-state index contributed by atoms with van der Waals surface area (Å²) < 4.78 is 42.5. The van der Waals surface area contributed by atoms with Gasteiger partial charge in [-0.2, -0.15) is 13.2 Å². The predicted octanol–water partition coefficient (Wildman–Crippen LogP) is 3.60. The summed E-state index contributed by atoms with van der Waals surface area (Å²) in [6.45, 7) is -0.313. The molecule has 0 aliphatic carbocycles. The maximum atomic E-state index is 12.5. The van der Waals surface area contributed by atoms with Crippen LogP contribution in [0, 0.1) is 0 Å². The van der Waals surface area contributed by atoms with Gasteiger partial charge in [-0.25, -0.2) is 4.98 Å². The first-order valence-corrected chi connectivity index (χ1v) is 6.95. The third-order valence-electron chi connectivity index (χ3n) is 3.26. The van der Waals surface area contributed by atoms with E-state index in [0.29, 0.717) is 5.69 Å². The van der Waals surface area contributed by atoms with Crippen molar-refractivity contribution >= 4 is 22.6 Å². The van der Waals surface area contributed by atoms with Crippen LogP contribution in [0.15, 0.2) is 48.8 Å². The lowest BCUT2D eigenvalue weighted by Gasteiger charge is -2.09. The number of aromatic nitrogens is 2. The summed E-state index contributed by atoms with van der Waals surface area (Å²) in [6.07, 6.45) is -2.86. The number of benzene rings is 2. The maximum Gasteiger partial charge on any atom is 0.416 e. The Hall–Kier alpha value is -3.03. The van der Waals surface area contributed by atoms with E-state index in [0.717, 1.165) is 23.2 Å². The molecule has 1 aromatic heterocycles. The minimum atomic E-state index is -4.40. The molecule has 3 aromatic rings. The molecule has 1 heterocycles. The summed E-state index contributed by atoms with van der Waals surface area (Å²) in [5.41, 5.74) is 1.34. The first-order chi connectivity index (χ1) is 11.4. The van der Waals surface area contributed by atoms with Gasteiger partial charge in [-0.15, -0.1) is 0 Å². The lowest BCUT2D eigenvalue weighted by Crippen LogP contribution is -2.20. The van der Waals surface area contributed by atoms with Crippen molar-refractivity contribution in [1.29, 1.82) is 0 Å². The number of aromatic amines is 1. The van der Waals surface area contributed by atoms with E-state index in [1.54, 1.807) is 24.5 Å². The normalized spacial score (nSPS) is 11.5. The van der Waals surface area contributed by atoms with E-state index in [1.807, 2.05) is 0 Å². The molecule has 3 rings (SSSR count). The molecule has 0 fully saturated rings. The monoisotopic (exact) mass is 335 g/mol. The molecule has 124 valence electrons. The second-order valence-corrected chi connectivity index (χ2v) is 4.99. The molecule has 8 heteroatoms. The number of alkyl halides is 3. The van der Waals surface area contributed by atoms with Crippen molar-refractivity contribution in [3.8, 4) is 5.75 Å². The smallest absolute Gasteiger partial charge is 0.416 e. The van der Waals surface area contributed by atoms with E-state index < -0.39 is 17.6 Å². The first-order valence-electron chi connectivity index (χ1n) is 6.95. The van der Waals surface area contributed by atoms with Crippen molar-refractivity contribution in [2.45, 2.75) is 6.18 Å². The van der Waals surface area contributed by atoms with Crippen molar-refractivity contribution < 1.29 is 22.7 Å². The zero-order valence-electron chi connectivity index (χ0n) is 12.2. The molecular formula is C16H12F3N3O2. The highest BCUT2D eigenvalue weighted by atomic mass is 19.4. The number of ether oxygens (including phenoxy) is 1. The summed E-state index contributed by atoms with van der Waals surface area (Å²) in [6, 6.07) is 9.31. The number of nitrogens with one attached hydrogen (secondary N) is 2. The number of halogens is 3. The van der Waals surface area contributed by atoms with Crippen LogP contribution in [0.4, 0.5) is 18.9 Å². The number of hydrogen-bond donors (Lipinski definition) is 2. The van der Waals surface area contributed by atoms with Gasteiger partial charge in [-0.3, -0.25) is 4.79 Å². The Labute approximate surface area is 134 Å². The highest BCUT2D eigenvalue weighted by Crippen LogP contribution is 2.30. The highest BCUT2D eigenvalue weighted by Gasteiger charge is 2.30. The van der Waals surface area contributed by atoms with E-state index in [-0.39, 0.29) is 12.4 Å². The van der Waals surface area contributed by atoms with Crippen molar-refractivity contribution in [3.05, 3.63) is 54.4 Å². The van der Waals surface area contributed by atoms with E-state index >= 15 is 0 Å². The number of fused-ring (bicyclic) bond motifs is 1. The van der Waals surface area contributed by atoms with Crippen molar-refractivity contribution in [3.63, 3.8) is 0 Å². The van der Waals surface area contributed by atoms with Crippen LogP contribution in [0.2, 0.25) is 0 Å². The van der Waals surface area contributed by atoms with Gasteiger partial charge in [0.1, 0.15) is 5.75 Å². The summed E-state index contributed by atoms with van der Waals surface area (Å²) in [5, 5.41) is 2.64. The molecule has 2 aromatic carbocycles. The lowest BCUT2D eigenvalue weighted by molar-refractivity contribution is -0.137. The topological polar surface area (TPSA) is 67.0 Å². The number of nitrogens with zero attached hydrogens (tertiary/aromatic N) is 1. The van der Waals surface area contributed by atoms with Gasteiger partial charge < -0.3 is 15.0 Å². The summed E-state index contributed by atoms with van der Waals surface area (Å²) in [4.78, 5) is 18.8. The molecule has 24 heavy (non-hydrogen) atoms. The Morgan fingerprint density at radius 1 is 1.17 bits per heavy atom. The SMILES string of the molecule is O=C(COc1ccc(C(F)(F)F)cc1)Nc1ccc2nc[nH]c2c1. The van der Waals surface area contributed by atoms with Gasteiger partial charge in [-0.1, -0.05) is 0 Å². The Bertz CT molecular complexity index is 857. The van der Waals surface area contributed by atoms with Crippen LogP contribution in [0.5, 0.6) is 5.75 Å². The minimum absolute atomic E-state index is 0.183. The van der Waals surface area contributed by atoms with Crippen molar-refractivity contribution in [1.82, 2.24) is 9.97 Å². The highest BCUT2D eigenvalue weighted by molar-refractivity contribution is 5.93. The molecule has 0 atom stereocenters. The molecule has 0 unspecified atom stereocenters. The quantitative estimate of drug-likeness (QED) is 0.765. The number of imidazole rings is 1. The Morgan fingerprint density at radius 3 is 2.62 bits per heavy atom. The fourth-order valence-corrected chi connectivity index (χ4v) is 2.10. The molecule has 0 aliphatic rings. The lowest BCUT2D eigenvalue weighted by atomic mass is 10.2. The van der Waals surface area contributed by atoms with Crippen molar-refractivity contribution in [2.75, 3.05) is 11.9 Å². The molecule has 0 radical (unpaired) electrons. The molecule has 0 bridgehead atoms. The average Bonchev–Trinajstić information content (AvgIpc) is 3.00. The van der Waals surface area contributed by atoms with E-state index in [2.05, 4.69) is 15.3 Å². The minimum Gasteiger partial charge on any atom is -0.484 e. The van der Waals surface area contributed by atoms with Crippen LogP contribution >= 0.6 is 0 Å². The summed E-state index contributed by atoms with van der Waals surface area (Å²) in [7, 11) is 0. The molecule has 0 saturated heterocycles. The maximum absolute atomic E-state index is 12.5. The summed E-state index contributed by atoms with van der Waals surface area (Å²) in [5.74, 6) is -0.240. The third kappa shape index (κ3) is 3.65. The predicted molar refractivity (Wildman–Crippen MR) is 81.7 cm³/mol. The second-order valence-electron chi connectivity index (χ2n) is 4.99. The molecule has 0 spiro atoms. The van der Waals surface area contributed by atoms with Crippen LogP contribution in [0.3, 0.4) is 0 Å². The number of hydrogen-bond acceptors (Lipinski definition) is 3. The zero-order chi connectivity index (χ0) is 17.2. The van der Waals surface area contributed by atoms with Crippen molar-refractivity contribution in [2.24, 2.45) is 0 Å². The Kier molecular flexibility index (Phi) is 4.11. The van der Waals surface area contributed by atoms with Crippen LogP contribution in [0.1, 0.15) is 5.56 Å². The van der Waals surface area contributed by atoms with Crippen LogP contribution in [0.25, 0.3) is 11.0 Å². The molecule has 5 nitrogen and oxygen atoms in total. The zero-order valence-corrected chi connectivity index (χ0v) is 12.2. The second kappa shape index (κ2) is 6.23. The van der Waals surface area contributed by atoms with E-state index in [4.69, 9.17) is 4.74 Å². The van der Waals surface area contributed by atoms with Crippen LogP contribution in [-0.4, -0.2) is 22.5 Å². The van der Waals surface area contributed by atoms with Gasteiger partial charge in [0.2, 0.25) is 0 Å². The fraction of sp³-hybridized carbons (Fsp3) is 0.125. The number of anilines is 1. The van der Waals surface area contributed by atoms with E-state index in [9.17, 15) is 18.0 Å². The summed E-state index contributed by atoms with van der Waals surface area (Å²) >= 11 is 0.